The Morgan fingerprint density at radius 2 is 2.05 bits per heavy atom. The molecule has 1 N–H and O–H groups in total. The van der Waals surface area contributed by atoms with Crippen molar-refractivity contribution in [3.63, 3.8) is 0 Å². The lowest BCUT2D eigenvalue weighted by Crippen LogP contribution is -2.12. The van der Waals surface area contributed by atoms with Gasteiger partial charge in [-0.2, -0.15) is 5.26 Å². The van der Waals surface area contributed by atoms with Crippen molar-refractivity contribution >= 4 is 11.5 Å². The lowest BCUT2D eigenvalue weighted by molar-refractivity contribution is -0.384. The van der Waals surface area contributed by atoms with Gasteiger partial charge in [0.1, 0.15) is 11.6 Å². The minimum Gasteiger partial charge on any atom is -0.387 e. The molecule has 2 rings (SSSR count). The molecule has 19 heavy (non-hydrogen) atoms. The fourth-order valence-corrected chi connectivity index (χ4v) is 1.94. The molecule has 0 spiro atoms. The molecule has 1 heterocycles. The molecular weight excluding hydrogens is 246 g/mol. The summed E-state index contributed by atoms with van der Waals surface area (Å²) in [7, 11) is 0. The van der Waals surface area contributed by atoms with E-state index in [2.05, 4.69) is 5.32 Å². The van der Waals surface area contributed by atoms with Gasteiger partial charge in [-0.05, 0) is 25.0 Å². The van der Waals surface area contributed by atoms with E-state index in [1.165, 1.54) is 24.3 Å². The van der Waals surface area contributed by atoms with Crippen LogP contribution >= 0.6 is 0 Å². The predicted octanol–water partition coefficient (Wildman–Crippen LogP) is 1.94. The molecule has 1 aromatic carbocycles. The first-order valence-corrected chi connectivity index (χ1v) is 5.79. The zero-order valence-electron chi connectivity index (χ0n) is 10.0. The van der Waals surface area contributed by atoms with Crippen LogP contribution in [-0.2, 0) is 0 Å². The van der Waals surface area contributed by atoms with Crippen LogP contribution in [0.25, 0.3) is 0 Å². The van der Waals surface area contributed by atoms with Crippen LogP contribution in [0.1, 0.15) is 23.2 Å². The Hall–Kier alpha value is -2.68. The summed E-state index contributed by atoms with van der Waals surface area (Å²) in [5, 5.41) is 22.6. The summed E-state index contributed by atoms with van der Waals surface area (Å²) in [4.78, 5) is 22.2. The lowest BCUT2D eigenvalue weighted by Gasteiger charge is -2.04. The first-order valence-electron chi connectivity index (χ1n) is 5.79. The van der Waals surface area contributed by atoms with Gasteiger partial charge in [-0.25, -0.2) is 0 Å². The van der Waals surface area contributed by atoms with E-state index in [0.717, 1.165) is 13.0 Å². The van der Waals surface area contributed by atoms with Gasteiger partial charge in [-0.15, -0.1) is 0 Å². The lowest BCUT2D eigenvalue weighted by atomic mass is 10.0. The summed E-state index contributed by atoms with van der Waals surface area (Å²) in [5.74, 6) is -0.401. The predicted molar refractivity (Wildman–Crippen MR) is 67.3 cm³/mol. The summed E-state index contributed by atoms with van der Waals surface area (Å²) in [6.07, 6.45) is 1.58. The van der Waals surface area contributed by atoms with Crippen molar-refractivity contribution in [1.82, 2.24) is 5.32 Å². The maximum absolute atomic E-state index is 12.2. The zero-order chi connectivity index (χ0) is 13.8. The molecule has 0 radical (unpaired) electrons. The number of hydrogen-bond acceptors (Lipinski definition) is 5. The van der Waals surface area contributed by atoms with Crippen LogP contribution in [0.5, 0.6) is 0 Å². The molecule has 1 aliphatic heterocycles. The molecule has 1 fully saturated rings. The Labute approximate surface area is 109 Å². The number of carbonyl (C=O) groups excluding carboxylic acids is 1. The number of benzene rings is 1. The van der Waals surface area contributed by atoms with Crippen molar-refractivity contribution in [2.24, 2.45) is 0 Å². The summed E-state index contributed by atoms with van der Waals surface area (Å²) in [6, 6.07) is 7.17. The molecule has 1 saturated heterocycles. The molecule has 96 valence electrons. The highest BCUT2D eigenvalue weighted by molar-refractivity contribution is 6.11. The van der Waals surface area contributed by atoms with Crippen molar-refractivity contribution < 1.29 is 9.72 Å². The van der Waals surface area contributed by atoms with Crippen LogP contribution in [-0.4, -0.2) is 17.3 Å². The maximum Gasteiger partial charge on any atom is 0.269 e. The van der Waals surface area contributed by atoms with Gasteiger partial charge in [0.05, 0.1) is 4.92 Å². The molecule has 0 aliphatic carbocycles. The van der Waals surface area contributed by atoms with Gasteiger partial charge < -0.3 is 5.32 Å². The topological polar surface area (TPSA) is 96.0 Å². The molecule has 0 amide bonds. The van der Waals surface area contributed by atoms with Crippen molar-refractivity contribution in [3.8, 4) is 6.07 Å². The van der Waals surface area contributed by atoms with E-state index in [-0.39, 0.29) is 16.8 Å². The van der Waals surface area contributed by atoms with E-state index in [0.29, 0.717) is 12.1 Å². The molecule has 0 atom stereocenters. The monoisotopic (exact) mass is 257 g/mol. The zero-order valence-corrected chi connectivity index (χ0v) is 10.0. The number of nitrogens with one attached hydrogen (secondary N) is 1. The number of hydrogen-bond donors (Lipinski definition) is 1. The molecule has 6 heteroatoms. The maximum atomic E-state index is 12.2. The first kappa shape index (κ1) is 12.8. The van der Waals surface area contributed by atoms with E-state index < -0.39 is 10.7 Å². The standard InChI is InChI=1S/C13H11N3O3/c14-8-11(12-2-1-7-15-12)13(17)9-3-5-10(6-4-9)16(18)19/h3-6,15H,1-2,7H2/b12-11+. The van der Waals surface area contributed by atoms with E-state index in [1.807, 2.05) is 6.07 Å². The van der Waals surface area contributed by atoms with Crippen LogP contribution in [0, 0.1) is 21.4 Å². The highest BCUT2D eigenvalue weighted by Crippen LogP contribution is 2.19. The molecule has 0 bridgehead atoms. The Kier molecular flexibility index (Phi) is 3.57. The number of nitro benzene ring substituents is 1. The fourth-order valence-electron chi connectivity index (χ4n) is 1.94. The minimum absolute atomic E-state index is 0.0818. The van der Waals surface area contributed by atoms with E-state index in [4.69, 9.17) is 5.26 Å². The Bertz CT molecular complexity index is 589. The van der Waals surface area contributed by atoms with Crippen molar-refractivity contribution in [2.45, 2.75) is 12.8 Å². The third-order valence-electron chi connectivity index (χ3n) is 2.92. The second-order valence-electron chi connectivity index (χ2n) is 4.13. The number of nitriles is 1. The van der Waals surface area contributed by atoms with Crippen LogP contribution < -0.4 is 5.32 Å². The van der Waals surface area contributed by atoms with E-state index in [1.54, 1.807) is 0 Å². The number of non-ortho nitro benzene ring substituents is 1. The average Bonchev–Trinajstić information content (AvgIpc) is 2.93. The highest BCUT2D eigenvalue weighted by Gasteiger charge is 2.20. The second-order valence-corrected chi connectivity index (χ2v) is 4.13. The molecule has 6 nitrogen and oxygen atoms in total. The fraction of sp³-hybridized carbons (Fsp3) is 0.231. The molecular formula is C13H11N3O3. The number of carbonyl (C=O) groups is 1. The van der Waals surface area contributed by atoms with Crippen LogP contribution in [0.2, 0.25) is 0 Å². The normalized spacial score (nSPS) is 16.4. The smallest absolute Gasteiger partial charge is 0.269 e. The molecule has 1 aromatic rings. The molecule has 0 unspecified atom stereocenters. The third-order valence-corrected chi connectivity index (χ3v) is 2.92. The van der Waals surface area contributed by atoms with Crippen LogP contribution in [0.15, 0.2) is 35.5 Å². The quantitative estimate of drug-likeness (QED) is 0.293. The third kappa shape index (κ3) is 2.60. The minimum atomic E-state index is -0.531. The number of ketones is 1. The van der Waals surface area contributed by atoms with Gasteiger partial charge in [0.25, 0.3) is 5.69 Å². The number of Topliss-reactive ketones (excluding diaryl/α,β-unsaturated/α-hetero) is 1. The van der Waals surface area contributed by atoms with Gasteiger partial charge in [-0.1, -0.05) is 0 Å². The van der Waals surface area contributed by atoms with Crippen molar-refractivity contribution in [1.29, 1.82) is 5.26 Å². The summed E-state index contributed by atoms with van der Waals surface area (Å²) >= 11 is 0. The Balaban J connectivity index is 2.31. The van der Waals surface area contributed by atoms with Gasteiger partial charge in [0.15, 0.2) is 0 Å². The Morgan fingerprint density at radius 1 is 1.37 bits per heavy atom. The van der Waals surface area contributed by atoms with E-state index in [9.17, 15) is 14.9 Å². The largest absolute Gasteiger partial charge is 0.387 e. The van der Waals surface area contributed by atoms with E-state index >= 15 is 0 Å². The van der Waals surface area contributed by atoms with Gasteiger partial charge >= 0.3 is 0 Å². The number of allylic oxidation sites excluding steroid dienone is 2. The van der Waals surface area contributed by atoms with Gasteiger partial charge in [0, 0.05) is 29.9 Å². The van der Waals surface area contributed by atoms with Gasteiger partial charge in [-0.3, -0.25) is 14.9 Å². The summed E-state index contributed by atoms with van der Waals surface area (Å²) in [6.45, 7) is 0.758. The molecule has 0 saturated carbocycles. The summed E-state index contributed by atoms with van der Waals surface area (Å²) < 4.78 is 0. The average molecular weight is 257 g/mol. The second kappa shape index (κ2) is 5.31. The molecule has 0 aromatic heterocycles. The molecule has 1 aliphatic rings. The van der Waals surface area contributed by atoms with Crippen LogP contribution in [0.3, 0.4) is 0 Å². The SMILES string of the molecule is N#C/C(C(=O)c1ccc([N+](=O)[O-])cc1)=C1/CCCN1. The highest BCUT2D eigenvalue weighted by atomic mass is 16.6. The van der Waals surface area contributed by atoms with Gasteiger partial charge in [0.2, 0.25) is 5.78 Å². The van der Waals surface area contributed by atoms with Crippen LogP contribution in [0.4, 0.5) is 5.69 Å². The first-order chi connectivity index (χ1) is 9.13. The number of rotatable bonds is 3. The van der Waals surface area contributed by atoms with Crippen molar-refractivity contribution in [2.75, 3.05) is 6.54 Å². The summed E-state index contributed by atoms with van der Waals surface area (Å²) in [5.41, 5.74) is 0.947. The number of nitro groups is 1. The van der Waals surface area contributed by atoms with Crippen molar-refractivity contribution in [3.05, 3.63) is 51.2 Å². The Morgan fingerprint density at radius 3 is 2.53 bits per heavy atom. The number of nitrogens with zero attached hydrogens (tertiary/aromatic N) is 2.